The number of phenolic OH excluding ortho intramolecular Hbond substituents is 2. The largest absolute Gasteiger partial charge is 0.507 e. The molecule has 7 rings (SSSR count). The van der Waals surface area contributed by atoms with Gasteiger partial charge in [0.05, 0.1) is 42.6 Å². The maximum absolute atomic E-state index is 13.9. The van der Waals surface area contributed by atoms with Crippen molar-refractivity contribution >= 4 is 17.3 Å². The number of carbonyl (C=O) groups is 3. The van der Waals surface area contributed by atoms with Crippen molar-refractivity contribution in [3.8, 4) is 17.2 Å². The molecule has 2 aliphatic carbocycles. The zero-order valence-corrected chi connectivity index (χ0v) is 25.4. The maximum Gasteiger partial charge on any atom is 0.202 e. The van der Waals surface area contributed by atoms with Gasteiger partial charge in [-0.2, -0.15) is 0 Å². The number of nitrogens with zero attached hydrogens (tertiary/aromatic N) is 1. The predicted molar refractivity (Wildman–Crippen MR) is 154 cm³/mol. The average molecular weight is 642 g/mol. The molecule has 3 aliphatic heterocycles. The average Bonchev–Trinajstić information content (AvgIpc) is 3.41. The highest BCUT2D eigenvalue weighted by molar-refractivity contribution is 6.31. The Kier molecular flexibility index (Phi) is 7.68. The Morgan fingerprint density at radius 1 is 1.09 bits per heavy atom. The zero-order valence-electron chi connectivity index (χ0n) is 25.4. The highest BCUT2D eigenvalue weighted by Crippen LogP contribution is 2.53. The van der Waals surface area contributed by atoms with E-state index in [2.05, 4.69) is 0 Å². The third kappa shape index (κ3) is 4.58. The van der Waals surface area contributed by atoms with Crippen LogP contribution in [0.3, 0.4) is 0 Å². The molecule has 8 atom stereocenters. The second kappa shape index (κ2) is 11.3. The molecule has 0 spiro atoms. The van der Waals surface area contributed by atoms with Crippen molar-refractivity contribution in [2.45, 2.75) is 74.9 Å². The van der Waals surface area contributed by atoms with Crippen LogP contribution in [0.1, 0.15) is 68.8 Å². The van der Waals surface area contributed by atoms with E-state index >= 15 is 0 Å². The van der Waals surface area contributed by atoms with Gasteiger partial charge in [-0.1, -0.05) is 12.1 Å². The SMILES string of the molecule is COCC(=O)[C@]1(O)Cc2c(O)c3c(c(O)c2[C@@H](O[C@H]2CC4[C@H](O[C@@H]5[C@@H](O)OCCN45)[C@H](C)O2)C1)C(=O)c1c(OC)cccc1C3=O. The molecule has 14 nitrogen and oxygen atoms in total. The van der Waals surface area contributed by atoms with E-state index in [-0.39, 0.29) is 46.9 Å². The Morgan fingerprint density at radius 3 is 2.59 bits per heavy atom. The molecule has 2 aromatic rings. The Labute approximate surface area is 263 Å². The Balaban J connectivity index is 1.31. The number of aromatic hydroxyl groups is 2. The molecule has 0 amide bonds. The molecule has 4 N–H and O–H groups in total. The van der Waals surface area contributed by atoms with Crippen LogP contribution >= 0.6 is 0 Å². The van der Waals surface area contributed by atoms with E-state index in [1.165, 1.54) is 32.4 Å². The second-order valence-electron chi connectivity index (χ2n) is 12.3. The van der Waals surface area contributed by atoms with Gasteiger partial charge in [0, 0.05) is 55.6 Å². The Hall–Kier alpha value is -3.47. The van der Waals surface area contributed by atoms with Gasteiger partial charge in [-0.05, 0) is 13.0 Å². The number of morpholine rings is 1. The van der Waals surface area contributed by atoms with Gasteiger partial charge in [0.1, 0.15) is 35.6 Å². The molecular weight excluding hydrogens is 606 g/mol. The predicted octanol–water partition coefficient (Wildman–Crippen LogP) is 0.711. The van der Waals surface area contributed by atoms with Crippen molar-refractivity contribution in [1.82, 2.24) is 4.90 Å². The van der Waals surface area contributed by atoms with E-state index in [0.29, 0.717) is 13.2 Å². The smallest absolute Gasteiger partial charge is 0.202 e. The number of rotatable bonds is 6. The summed E-state index contributed by atoms with van der Waals surface area (Å²) in [4.78, 5) is 42.8. The van der Waals surface area contributed by atoms with Crippen LogP contribution in [-0.4, -0.2) is 119 Å². The number of Topliss-reactive ketones (excluding diaryl/α,β-unsaturated/α-hetero) is 1. The van der Waals surface area contributed by atoms with Crippen LogP contribution in [0, 0.1) is 0 Å². The maximum atomic E-state index is 13.9. The number of benzene rings is 2. The quantitative estimate of drug-likeness (QED) is 0.275. The molecule has 0 bridgehead atoms. The molecule has 0 saturated carbocycles. The summed E-state index contributed by atoms with van der Waals surface area (Å²) in [6.07, 6.45) is -5.53. The lowest BCUT2D eigenvalue weighted by Gasteiger charge is -2.43. The fourth-order valence-electron chi connectivity index (χ4n) is 7.64. The standard InChI is InChI=1S/C32H35NO13/c1-13-29-16(33-7-8-43-31(39)30(33)46-29)9-20(44-13)45-18-11-32(40,19(34)12-41-2)10-15-22(18)28(38)24-23(26(15)36)25(35)14-5-4-6-17(42-3)21(14)27(24)37/h4-6,13,16,18,20,29-31,36,38-40H,7-12H2,1-3H3/t13-,16?,18-,20-,29+,30+,31-,32-/m0/s1. The number of hydrogen-bond acceptors (Lipinski definition) is 14. The van der Waals surface area contributed by atoms with E-state index in [4.69, 9.17) is 28.4 Å². The fourth-order valence-corrected chi connectivity index (χ4v) is 7.64. The van der Waals surface area contributed by atoms with Crippen LogP contribution in [0.5, 0.6) is 17.2 Å². The summed E-state index contributed by atoms with van der Waals surface area (Å²) in [7, 11) is 2.65. The number of ketones is 3. The zero-order chi connectivity index (χ0) is 32.7. The van der Waals surface area contributed by atoms with E-state index in [0.717, 1.165) is 0 Å². The number of methoxy groups -OCH3 is 2. The van der Waals surface area contributed by atoms with Gasteiger partial charge in [-0.3, -0.25) is 19.3 Å². The van der Waals surface area contributed by atoms with E-state index in [1.54, 1.807) is 6.92 Å². The molecule has 0 aromatic heterocycles. The number of carbonyl (C=O) groups excluding carboxylic acids is 3. The number of aliphatic hydroxyl groups excluding tert-OH is 1. The summed E-state index contributed by atoms with van der Waals surface area (Å²) in [6.45, 7) is 2.15. The summed E-state index contributed by atoms with van der Waals surface area (Å²) >= 11 is 0. The molecule has 46 heavy (non-hydrogen) atoms. The van der Waals surface area contributed by atoms with Crippen molar-refractivity contribution in [2.24, 2.45) is 0 Å². The second-order valence-corrected chi connectivity index (χ2v) is 12.3. The molecule has 0 radical (unpaired) electrons. The van der Waals surface area contributed by atoms with Gasteiger partial charge in [0.25, 0.3) is 0 Å². The molecule has 1 unspecified atom stereocenters. The van der Waals surface area contributed by atoms with Crippen molar-refractivity contribution in [3.63, 3.8) is 0 Å². The van der Waals surface area contributed by atoms with Crippen molar-refractivity contribution in [1.29, 1.82) is 0 Å². The molecule has 3 heterocycles. The first-order valence-electron chi connectivity index (χ1n) is 15.1. The van der Waals surface area contributed by atoms with Crippen molar-refractivity contribution < 1.29 is 63.2 Å². The first-order chi connectivity index (χ1) is 22.0. The van der Waals surface area contributed by atoms with E-state index < -0.39 is 95.7 Å². The lowest BCUT2D eigenvalue weighted by molar-refractivity contribution is -0.252. The van der Waals surface area contributed by atoms with Gasteiger partial charge in [-0.15, -0.1) is 0 Å². The van der Waals surface area contributed by atoms with Crippen LogP contribution in [0.4, 0.5) is 0 Å². The lowest BCUT2D eigenvalue weighted by atomic mass is 9.72. The summed E-state index contributed by atoms with van der Waals surface area (Å²) in [5, 5.41) is 45.4. The highest BCUT2D eigenvalue weighted by atomic mass is 16.7. The number of hydrogen-bond donors (Lipinski definition) is 4. The molecule has 3 saturated heterocycles. The van der Waals surface area contributed by atoms with Gasteiger partial charge < -0.3 is 48.8 Å². The van der Waals surface area contributed by atoms with Crippen LogP contribution in [-0.2, 0) is 34.9 Å². The Bertz CT molecular complexity index is 1630. The minimum Gasteiger partial charge on any atom is -0.507 e. The van der Waals surface area contributed by atoms with Crippen LogP contribution in [0.15, 0.2) is 18.2 Å². The molecule has 5 aliphatic rings. The number of aliphatic hydroxyl groups is 2. The van der Waals surface area contributed by atoms with Gasteiger partial charge in [-0.25, -0.2) is 0 Å². The van der Waals surface area contributed by atoms with E-state index in [1.807, 2.05) is 4.90 Å². The van der Waals surface area contributed by atoms with Crippen LogP contribution < -0.4 is 4.74 Å². The number of fused-ring (bicyclic) bond motifs is 6. The topological polar surface area (TPSA) is 191 Å². The summed E-state index contributed by atoms with van der Waals surface area (Å²) in [5.41, 5.74) is -3.20. The molecule has 14 heteroatoms. The molecular formula is C32H35NO13. The Morgan fingerprint density at radius 2 is 1.85 bits per heavy atom. The van der Waals surface area contributed by atoms with E-state index in [9.17, 15) is 34.8 Å². The van der Waals surface area contributed by atoms with Gasteiger partial charge >= 0.3 is 0 Å². The third-order valence-corrected chi connectivity index (χ3v) is 9.76. The fraction of sp³-hybridized carbons (Fsp3) is 0.531. The number of ether oxygens (including phenoxy) is 6. The lowest BCUT2D eigenvalue weighted by Crippen LogP contribution is -2.55. The molecule has 246 valence electrons. The monoisotopic (exact) mass is 641 g/mol. The van der Waals surface area contributed by atoms with Gasteiger partial charge in [0.2, 0.25) is 5.78 Å². The number of phenols is 2. The van der Waals surface area contributed by atoms with Crippen LogP contribution in [0.25, 0.3) is 0 Å². The summed E-state index contributed by atoms with van der Waals surface area (Å²) in [6, 6.07) is 4.22. The molecule has 2 aromatic carbocycles. The first kappa shape index (κ1) is 31.1. The normalized spacial score (nSPS) is 33.5. The van der Waals surface area contributed by atoms with Gasteiger partial charge in [0.15, 0.2) is 30.4 Å². The third-order valence-electron chi connectivity index (χ3n) is 9.76. The first-order valence-corrected chi connectivity index (χ1v) is 15.1. The highest BCUT2D eigenvalue weighted by Gasteiger charge is 2.55. The van der Waals surface area contributed by atoms with Crippen molar-refractivity contribution in [3.05, 3.63) is 51.6 Å². The molecule has 3 fully saturated rings. The minimum atomic E-state index is -2.12. The summed E-state index contributed by atoms with van der Waals surface area (Å²) < 4.78 is 34.3. The minimum absolute atomic E-state index is 0.0229. The van der Waals surface area contributed by atoms with Crippen molar-refractivity contribution in [2.75, 3.05) is 34.0 Å². The summed E-state index contributed by atoms with van der Waals surface area (Å²) in [5.74, 6) is -3.29. The van der Waals surface area contributed by atoms with Crippen LogP contribution in [0.2, 0.25) is 0 Å².